The van der Waals surface area contributed by atoms with Crippen molar-refractivity contribution < 1.29 is 8.42 Å². The van der Waals surface area contributed by atoms with Crippen LogP contribution in [0.15, 0.2) is 35.2 Å². The Morgan fingerprint density at radius 3 is 2.59 bits per heavy atom. The van der Waals surface area contributed by atoms with Crippen LogP contribution in [0.1, 0.15) is 19.3 Å². The van der Waals surface area contributed by atoms with Crippen LogP contribution in [0.2, 0.25) is 0 Å². The molecule has 0 aliphatic heterocycles. The van der Waals surface area contributed by atoms with E-state index in [9.17, 15) is 8.42 Å². The second-order valence-electron chi connectivity index (χ2n) is 4.25. The Balaban J connectivity index is 2.13. The van der Waals surface area contributed by atoms with E-state index in [1.54, 1.807) is 36.0 Å². The van der Waals surface area contributed by atoms with E-state index in [1.165, 1.54) is 0 Å². The zero-order valence-electron chi connectivity index (χ0n) is 9.80. The number of thioether (sulfide) groups is 1. The Hall–Kier alpha value is -0.520. The van der Waals surface area contributed by atoms with Crippen LogP contribution in [0.25, 0.3) is 0 Å². The highest BCUT2D eigenvalue weighted by Gasteiger charge is 2.30. The third-order valence-electron chi connectivity index (χ3n) is 3.12. The lowest BCUT2D eigenvalue weighted by molar-refractivity contribution is 0.555. The molecule has 0 bridgehead atoms. The predicted molar refractivity (Wildman–Crippen MR) is 71.7 cm³/mol. The summed E-state index contributed by atoms with van der Waals surface area (Å²) in [4.78, 5) is 0.353. The van der Waals surface area contributed by atoms with Crippen molar-refractivity contribution in [2.45, 2.75) is 35.4 Å². The molecule has 0 heterocycles. The highest BCUT2D eigenvalue weighted by Crippen LogP contribution is 2.29. The summed E-state index contributed by atoms with van der Waals surface area (Å²) in [6, 6.07) is 8.65. The molecule has 1 aromatic carbocycles. The zero-order valence-corrected chi connectivity index (χ0v) is 11.4. The molecule has 2 rings (SSSR count). The van der Waals surface area contributed by atoms with E-state index in [1.807, 2.05) is 12.3 Å². The minimum Gasteiger partial charge on any atom is -0.207 e. The Morgan fingerprint density at radius 2 is 1.94 bits per heavy atom. The summed E-state index contributed by atoms with van der Waals surface area (Å²) in [6.07, 6.45) is 5.19. The van der Waals surface area contributed by atoms with Gasteiger partial charge in [0.05, 0.1) is 4.90 Å². The minimum atomic E-state index is -3.35. The lowest BCUT2D eigenvalue weighted by Gasteiger charge is -2.19. The number of hydrogen-bond acceptors (Lipinski definition) is 3. The summed E-state index contributed by atoms with van der Waals surface area (Å²) in [5.74, 6) is 0. The molecule has 0 radical (unpaired) electrons. The molecular weight excluding hydrogens is 254 g/mol. The van der Waals surface area contributed by atoms with Gasteiger partial charge in [0.15, 0.2) is 0 Å². The number of hydrogen-bond donors (Lipinski definition) is 1. The molecule has 0 aromatic heterocycles. The average Bonchev–Trinajstić information content (AvgIpc) is 2.77. The quantitative estimate of drug-likeness (QED) is 0.913. The van der Waals surface area contributed by atoms with Gasteiger partial charge in [-0.05, 0) is 31.2 Å². The van der Waals surface area contributed by atoms with Crippen LogP contribution in [0.4, 0.5) is 0 Å². The molecule has 5 heteroatoms. The van der Waals surface area contributed by atoms with Crippen LogP contribution in [0.5, 0.6) is 0 Å². The fourth-order valence-electron chi connectivity index (χ4n) is 2.21. The Labute approximate surface area is 107 Å². The van der Waals surface area contributed by atoms with Gasteiger partial charge in [-0.1, -0.05) is 24.6 Å². The maximum atomic E-state index is 12.1. The van der Waals surface area contributed by atoms with Gasteiger partial charge in [-0.2, -0.15) is 11.8 Å². The zero-order chi connectivity index (χ0) is 12.3. The van der Waals surface area contributed by atoms with Crippen molar-refractivity contribution in [2.75, 3.05) is 6.26 Å². The molecule has 3 nitrogen and oxygen atoms in total. The Morgan fingerprint density at radius 1 is 1.24 bits per heavy atom. The summed E-state index contributed by atoms with van der Waals surface area (Å²) >= 11 is 1.75. The van der Waals surface area contributed by atoms with Gasteiger partial charge in [-0.3, -0.25) is 0 Å². The first-order valence-electron chi connectivity index (χ1n) is 5.73. The second-order valence-corrected chi connectivity index (χ2v) is 7.04. The smallest absolute Gasteiger partial charge is 0.207 e. The first-order valence-corrected chi connectivity index (χ1v) is 8.51. The van der Waals surface area contributed by atoms with Crippen molar-refractivity contribution in [3.05, 3.63) is 30.3 Å². The van der Waals surface area contributed by atoms with E-state index >= 15 is 0 Å². The maximum Gasteiger partial charge on any atom is 0.240 e. The van der Waals surface area contributed by atoms with Crippen molar-refractivity contribution in [1.82, 2.24) is 4.72 Å². The van der Waals surface area contributed by atoms with Crippen molar-refractivity contribution in [1.29, 1.82) is 0 Å². The van der Waals surface area contributed by atoms with Crippen LogP contribution in [0.3, 0.4) is 0 Å². The first-order chi connectivity index (χ1) is 8.13. The first kappa shape index (κ1) is 12.9. The molecule has 1 aliphatic rings. The van der Waals surface area contributed by atoms with E-state index in [-0.39, 0.29) is 6.04 Å². The van der Waals surface area contributed by atoms with Crippen molar-refractivity contribution in [2.24, 2.45) is 0 Å². The fraction of sp³-hybridized carbons (Fsp3) is 0.500. The summed E-state index contributed by atoms with van der Waals surface area (Å²) in [7, 11) is -3.35. The monoisotopic (exact) mass is 271 g/mol. The molecule has 1 fully saturated rings. The predicted octanol–water partition coefficient (Wildman–Crippen LogP) is 2.25. The van der Waals surface area contributed by atoms with Gasteiger partial charge < -0.3 is 0 Å². The van der Waals surface area contributed by atoms with Crippen LogP contribution in [0, 0.1) is 0 Å². The lowest BCUT2D eigenvalue weighted by atomic mass is 10.3. The molecular formula is C12H17NO2S2. The normalized spacial score (nSPS) is 25.0. The van der Waals surface area contributed by atoms with Crippen molar-refractivity contribution >= 4 is 21.8 Å². The molecule has 2 atom stereocenters. The Bertz CT molecular complexity index is 459. The van der Waals surface area contributed by atoms with Gasteiger partial charge in [0.1, 0.15) is 0 Å². The van der Waals surface area contributed by atoms with E-state index in [0.29, 0.717) is 10.1 Å². The van der Waals surface area contributed by atoms with E-state index < -0.39 is 10.0 Å². The average molecular weight is 271 g/mol. The van der Waals surface area contributed by atoms with Gasteiger partial charge in [0, 0.05) is 11.3 Å². The summed E-state index contributed by atoms with van der Waals surface area (Å²) in [5, 5.41) is 0.411. The molecule has 0 amide bonds. The molecule has 17 heavy (non-hydrogen) atoms. The number of rotatable bonds is 4. The van der Waals surface area contributed by atoms with Crippen LogP contribution >= 0.6 is 11.8 Å². The summed E-state index contributed by atoms with van der Waals surface area (Å²) in [5.41, 5.74) is 0. The standard InChI is InChI=1S/C12H17NO2S2/c1-16-12-9-5-8-11(12)13-17(14,15)10-6-3-2-4-7-10/h2-4,6-7,11-13H,5,8-9H2,1H3. The topological polar surface area (TPSA) is 46.2 Å². The van der Waals surface area contributed by atoms with Gasteiger partial charge in [0.25, 0.3) is 0 Å². The second kappa shape index (κ2) is 5.42. The molecule has 1 aromatic rings. The highest BCUT2D eigenvalue weighted by molar-refractivity contribution is 7.99. The van der Waals surface area contributed by atoms with Crippen molar-refractivity contribution in [3.63, 3.8) is 0 Å². The Kier molecular flexibility index (Phi) is 4.12. The highest BCUT2D eigenvalue weighted by atomic mass is 32.2. The summed E-state index contributed by atoms with van der Waals surface area (Å²) in [6.45, 7) is 0. The minimum absolute atomic E-state index is 0.0789. The summed E-state index contributed by atoms with van der Waals surface area (Å²) < 4.78 is 27.1. The number of sulfonamides is 1. The molecule has 2 unspecified atom stereocenters. The maximum absolute atomic E-state index is 12.1. The van der Waals surface area contributed by atoms with E-state index in [2.05, 4.69) is 4.72 Å². The van der Waals surface area contributed by atoms with Crippen LogP contribution < -0.4 is 4.72 Å². The van der Waals surface area contributed by atoms with Gasteiger partial charge >= 0.3 is 0 Å². The van der Waals surface area contributed by atoms with Crippen molar-refractivity contribution in [3.8, 4) is 0 Å². The molecule has 0 saturated heterocycles. The van der Waals surface area contributed by atoms with Gasteiger partial charge in [-0.15, -0.1) is 0 Å². The SMILES string of the molecule is CSC1CCCC1NS(=O)(=O)c1ccccc1. The molecule has 0 spiro atoms. The van der Waals surface area contributed by atoms with Gasteiger partial charge in [0.2, 0.25) is 10.0 Å². The number of benzene rings is 1. The molecule has 1 saturated carbocycles. The number of nitrogens with one attached hydrogen (secondary N) is 1. The third kappa shape index (κ3) is 3.03. The largest absolute Gasteiger partial charge is 0.240 e. The molecule has 94 valence electrons. The molecule has 1 aliphatic carbocycles. The van der Waals surface area contributed by atoms with E-state index in [4.69, 9.17) is 0 Å². The van der Waals surface area contributed by atoms with Crippen LogP contribution in [-0.2, 0) is 10.0 Å². The van der Waals surface area contributed by atoms with Crippen LogP contribution in [-0.4, -0.2) is 26.0 Å². The lowest BCUT2D eigenvalue weighted by Crippen LogP contribution is -2.38. The fourth-order valence-corrected chi connectivity index (χ4v) is 4.56. The van der Waals surface area contributed by atoms with E-state index in [0.717, 1.165) is 19.3 Å². The third-order valence-corrected chi connectivity index (χ3v) is 5.79. The molecule has 1 N–H and O–H groups in total. The van der Waals surface area contributed by atoms with Gasteiger partial charge in [-0.25, -0.2) is 13.1 Å².